The van der Waals surface area contributed by atoms with Gasteiger partial charge in [0, 0.05) is 6.42 Å². The summed E-state index contributed by atoms with van der Waals surface area (Å²) in [5.41, 5.74) is 6.05. The molecule has 7 nitrogen and oxygen atoms in total. The fourth-order valence-corrected chi connectivity index (χ4v) is 1.34. The Hall–Kier alpha value is -1.44. The minimum atomic E-state index is -1.46. The van der Waals surface area contributed by atoms with Crippen LogP contribution in [0.5, 0.6) is 0 Å². The van der Waals surface area contributed by atoms with E-state index in [4.69, 9.17) is 15.6 Å². The molecule has 0 spiro atoms. The van der Waals surface area contributed by atoms with Gasteiger partial charge >= 0.3 is 5.97 Å². The van der Waals surface area contributed by atoms with Gasteiger partial charge in [0.2, 0.25) is 0 Å². The van der Waals surface area contributed by atoms with E-state index in [0.29, 0.717) is 6.61 Å². The fraction of sp³-hybridized carbons (Fsp3) is 0.600. The van der Waals surface area contributed by atoms with Crippen LogP contribution in [-0.4, -0.2) is 47.1 Å². The summed E-state index contributed by atoms with van der Waals surface area (Å²) >= 11 is 0. The third kappa shape index (κ3) is 3.81. The van der Waals surface area contributed by atoms with Crippen molar-refractivity contribution in [3.8, 4) is 0 Å². The number of ether oxygens (including phenoxy) is 1. The summed E-state index contributed by atoms with van der Waals surface area (Å²) in [6, 6.07) is -1.27. The molecule has 1 amide bonds. The van der Waals surface area contributed by atoms with Crippen LogP contribution in [-0.2, 0) is 14.3 Å². The zero-order valence-corrected chi connectivity index (χ0v) is 9.42. The van der Waals surface area contributed by atoms with Crippen LogP contribution in [0, 0.1) is 0 Å². The molecule has 96 valence electrons. The highest BCUT2D eigenvalue weighted by atomic mass is 16.5. The van der Waals surface area contributed by atoms with E-state index in [1.165, 1.54) is 0 Å². The molecule has 0 fully saturated rings. The number of carboxylic acid groups (broad SMARTS) is 1. The minimum absolute atomic E-state index is 0.337. The first-order valence-corrected chi connectivity index (χ1v) is 5.17. The molecular formula is C10H16N2O5. The maximum absolute atomic E-state index is 11.5. The van der Waals surface area contributed by atoms with Crippen molar-refractivity contribution in [2.75, 3.05) is 6.61 Å². The van der Waals surface area contributed by atoms with Crippen molar-refractivity contribution in [3.63, 3.8) is 0 Å². The van der Waals surface area contributed by atoms with Gasteiger partial charge in [-0.1, -0.05) is 6.08 Å². The Kier molecular flexibility index (Phi) is 4.62. The predicted octanol–water partition coefficient (Wildman–Crippen LogP) is -1.43. The van der Waals surface area contributed by atoms with Gasteiger partial charge in [0.25, 0.3) is 5.91 Å². The quantitative estimate of drug-likeness (QED) is 0.440. The summed E-state index contributed by atoms with van der Waals surface area (Å²) in [7, 11) is 0. The van der Waals surface area contributed by atoms with Crippen molar-refractivity contribution in [3.05, 3.63) is 11.6 Å². The van der Waals surface area contributed by atoms with Crippen LogP contribution in [0.2, 0.25) is 0 Å². The zero-order chi connectivity index (χ0) is 13.0. The van der Waals surface area contributed by atoms with Crippen LogP contribution in [0.3, 0.4) is 0 Å². The number of carbonyl (C=O) groups excluding carboxylic acids is 1. The molecule has 1 heterocycles. The second kappa shape index (κ2) is 5.76. The monoisotopic (exact) mass is 244 g/mol. The lowest BCUT2D eigenvalue weighted by molar-refractivity contribution is -0.140. The molecule has 0 saturated heterocycles. The third-order valence-corrected chi connectivity index (χ3v) is 2.45. The fourth-order valence-electron chi connectivity index (χ4n) is 1.34. The molecule has 1 rings (SSSR count). The van der Waals surface area contributed by atoms with Gasteiger partial charge in [0.15, 0.2) is 6.23 Å². The lowest BCUT2D eigenvalue weighted by atomic mass is 10.1. The highest BCUT2D eigenvalue weighted by molar-refractivity contribution is 5.82. The topological polar surface area (TPSA) is 122 Å². The Morgan fingerprint density at radius 1 is 1.71 bits per heavy atom. The standard InChI is InChI=1S/C10H16N2O5/c1-5-2-3-17-9(5)12-8(14)7(13)4-6(11)10(15)16/h2,6-7,9,13H,3-4,11H2,1H3,(H,12,14)(H,15,16)/t6-,7-,9-/m0/s1. The number of nitrogens with two attached hydrogens (primary N) is 1. The second-order valence-electron chi connectivity index (χ2n) is 3.87. The van der Waals surface area contributed by atoms with Crippen LogP contribution in [0.1, 0.15) is 13.3 Å². The lowest BCUT2D eigenvalue weighted by Gasteiger charge is -2.18. The number of rotatable bonds is 5. The SMILES string of the molecule is CC1=CCO[C@@H]1NC(=O)[C@@H](O)C[C@H](N)C(=O)O. The smallest absolute Gasteiger partial charge is 0.320 e. The van der Waals surface area contributed by atoms with Crippen LogP contribution in [0.4, 0.5) is 0 Å². The Balaban J connectivity index is 2.42. The summed E-state index contributed by atoms with van der Waals surface area (Å²) in [5, 5.41) is 20.4. The Morgan fingerprint density at radius 3 is 2.82 bits per heavy atom. The number of aliphatic hydroxyl groups is 1. The summed E-state index contributed by atoms with van der Waals surface area (Å²) in [6.07, 6.45) is -0.548. The van der Waals surface area contributed by atoms with Gasteiger partial charge < -0.3 is 26.0 Å². The molecule has 17 heavy (non-hydrogen) atoms. The number of nitrogens with one attached hydrogen (secondary N) is 1. The molecule has 0 saturated carbocycles. The van der Waals surface area contributed by atoms with Crippen LogP contribution >= 0.6 is 0 Å². The molecule has 5 N–H and O–H groups in total. The molecule has 0 aliphatic carbocycles. The van der Waals surface area contributed by atoms with Crippen LogP contribution in [0.25, 0.3) is 0 Å². The number of aliphatic hydroxyl groups excluding tert-OH is 1. The van der Waals surface area contributed by atoms with Gasteiger partial charge in [0.05, 0.1) is 6.61 Å². The van der Waals surface area contributed by atoms with Gasteiger partial charge in [-0.3, -0.25) is 9.59 Å². The molecule has 1 aliphatic rings. The average Bonchev–Trinajstić information content (AvgIpc) is 2.64. The number of amides is 1. The summed E-state index contributed by atoms with van der Waals surface area (Å²) in [4.78, 5) is 21.9. The van der Waals surface area contributed by atoms with E-state index in [1.54, 1.807) is 13.0 Å². The van der Waals surface area contributed by atoms with E-state index in [9.17, 15) is 14.7 Å². The van der Waals surface area contributed by atoms with E-state index in [-0.39, 0.29) is 6.42 Å². The van der Waals surface area contributed by atoms with Crippen molar-refractivity contribution in [1.82, 2.24) is 5.32 Å². The summed E-state index contributed by atoms with van der Waals surface area (Å²) in [5.74, 6) is -1.95. The first-order chi connectivity index (χ1) is 7.91. The molecule has 3 atom stereocenters. The first kappa shape index (κ1) is 13.6. The zero-order valence-electron chi connectivity index (χ0n) is 9.42. The highest BCUT2D eigenvalue weighted by Gasteiger charge is 2.26. The van der Waals surface area contributed by atoms with Gasteiger partial charge in [-0.25, -0.2) is 0 Å². The normalized spacial score (nSPS) is 22.8. The molecule has 0 aromatic heterocycles. The van der Waals surface area contributed by atoms with E-state index in [1.807, 2.05) is 0 Å². The lowest BCUT2D eigenvalue weighted by Crippen LogP contribution is -2.45. The molecule has 0 unspecified atom stereocenters. The van der Waals surface area contributed by atoms with Gasteiger partial charge in [-0.15, -0.1) is 0 Å². The Bertz CT molecular complexity index is 342. The Labute approximate surface area is 98.2 Å². The molecule has 0 aromatic carbocycles. The summed E-state index contributed by atoms with van der Waals surface area (Å²) in [6.45, 7) is 2.19. The minimum Gasteiger partial charge on any atom is -0.480 e. The maximum atomic E-state index is 11.5. The second-order valence-corrected chi connectivity index (χ2v) is 3.87. The van der Waals surface area contributed by atoms with Gasteiger partial charge in [-0.05, 0) is 12.5 Å². The summed E-state index contributed by atoms with van der Waals surface area (Å²) < 4.78 is 5.16. The Morgan fingerprint density at radius 2 is 2.35 bits per heavy atom. The van der Waals surface area contributed by atoms with E-state index >= 15 is 0 Å². The van der Waals surface area contributed by atoms with Crippen molar-refractivity contribution < 1.29 is 24.5 Å². The van der Waals surface area contributed by atoms with Crippen LogP contribution < -0.4 is 11.1 Å². The predicted molar refractivity (Wildman–Crippen MR) is 57.9 cm³/mol. The van der Waals surface area contributed by atoms with Gasteiger partial charge in [-0.2, -0.15) is 0 Å². The van der Waals surface area contributed by atoms with E-state index in [2.05, 4.69) is 5.32 Å². The van der Waals surface area contributed by atoms with Crippen molar-refractivity contribution in [1.29, 1.82) is 0 Å². The molecule has 0 bridgehead atoms. The van der Waals surface area contributed by atoms with Crippen LogP contribution in [0.15, 0.2) is 11.6 Å². The van der Waals surface area contributed by atoms with Crippen molar-refractivity contribution in [2.24, 2.45) is 5.73 Å². The molecule has 0 aromatic rings. The molecule has 7 heteroatoms. The van der Waals surface area contributed by atoms with Crippen molar-refractivity contribution in [2.45, 2.75) is 31.7 Å². The first-order valence-electron chi connectivity index (χ1n) is 5.17. The average molecular weight is 244 g/mol. The number of aliphatic carboxylic acids is 1. The number of hydrogen-bond donors (Lipinski definition) is 4. The maximum Gasteiger partial charge on any atom is 0.320 e. The number of carbonyl (C=O) groups is 2. The third-order valence-electron chi connectivity index (χ3n) is 2.45. The van der Waals surface area contributed by atoms with Gasteiger partial charge in [0.1, 0.15) is 12.1 Å². The number of hydrogen-bond acceptors (Lipinski definition) is 5. The molecule has 0 radical (unpaired) electrons. The van der Waals surface area contributed by atoms with Crippen molar-refractivity contribution >= 4 is 11.9 Å². The van der Waals surface area contributed by atoms with E-state index < -0.39 is 30.3 Å². The largest absolute Gasteiger partial charge is 0.480 e. The highest BCUT2D eigenvalue weighted by Crippen LogP contribution is 2.11. The van der Waals surface area contributed by atoms with E-state index in [0.717, 1.165) is 5.57 Å². The molecule has 1 aliphatic heterocycles. The molecular weight excluding hydrogens is 228 g/mol. The number of carboxylic acids is 1.